The minimum absolute atomic E-state index is 0. The average molecular weight is 377 g/mol. The second-order valence-corrected chi connectivity index (χ2v) is 9.19. The second kappa shape index (κ2) is 8.96. The van der Waals surface area contributed by atoms with Crippen molar-refractivity contribution in [2.45, 2.75) is 49.3 Å². The Morgan fingerprint density at radius 3 is 2.26 bits per heavy atom. The average Bonchev–Trinajstić information content (AvgIpc) is 3.25. The van der Waals surface area contributed by atoms with Gasteiger partial charge in [0.1, 0.15) is 0 Å². The van der Waals surface area contributed by atoms with Crippen molar-refractivity contribution in [2.75, 3.05) is 26.2 Å². The molecule has 3 rings (SSSR count). The van der Waals surface area contributed by atoms with Crippen molar-refractivity contribution in [1.82, 2.24) is 10.2 Å². The molecule has 2 fully saturated rings. The van der Waals surface area contributed by atoms with E-state index in [1.165, 1.54) is 30.8 Å². The fraction of sp³-hybridized carbons (Fsp3) is 0.667. The zero-order valence-electron chi connectivity index (χ0n) is 14.4. The first-order chi connectivity index (χ1) is 10.0. The number of piperazine rings is 1. The van der Waals surface area contributed by atoms with E-state index in [-0.39, 0.29) is 29.6 Å². The highest BCUT2D eigenvalue weighted by Crippen LogP contribution is 2.48. The smallest absolute Gasteiger partial charge is 0.0388 e. The topological polar surface area (TPSA) is 15.3 Å². The molecule has 0 aromatic heterocycles. The summed E-state index contributed by atoms with van der Waals surface area (Å²) < 4.78 is 0.271. The third kappa shape index (κ3) is 5.82. The Kier molecular flexibility index (Phi) is 8.22. The van der Waals surface area contributed by atoms with E-state index in [0.29, 0.717) is 6.04 Å². The summed E-state index contributed by atoms with van der Waals surface area (Å²) in [4.78, 5) is 4.20. The van der Waals surface area contributed by atoms with Crippen LogP contribution in [0.5, 0.6) is 0 Å². The molecule has 5 heteroatoms. The van der Waals surface area contributed by atoms with Gasteiger partial charge in [-0.1, -0.05) is 39.0 Å². The van der Waals surface area contributed by atoms with E-state index in [1.54, 1.807) is 5.56 Å². The molecule has 1 saturated carbocycles. The molecule has 1 saturated heterocycles. The fourth-order valence-corrected chi connectivity index (χ4v) is 4.38. The van der Waals surface area contributed by atoms with E-state index in [2.05, 4.69) is 55.3 Å². The van der Waals surface area contributed by atoms with E-state index < -0.39 is 0 Å². The molecule has 1 N–H and O–H groups in total. The second-order valence-electron chi connectivity index (χ2n) is 7.32. The maximum Gasteiger partial charge on any atom is 0.0388 e. The number of hydrogen-bond donors (Lipinski definition) is 1. The molecular formula is C18H30Cl2N2S. The van der Waals surface area contributed by atoms with Crippen LogP contribution in [-0.4, -0.2) is 35.8 Å². The molecule has 2 aliphatic rings. The lowest BCUT2D eigenvalue weighted by Gasteiger charge is -2.36. The summed E-state index contributed by atoms with van der Waals surface area (Å²) in [6.07, 6.45) is 2.81. The summed E-state index contributed by atoms with van der Waals surface area (Å²) >= 11 is 2.02. The maximum absolute atomic E-state index is 3.49. The molecule has 0 unspecified atom stereocenters. The van der Waals surface area contributed by atoms with Gasteiger partial charge in [-0.3, -0.25) is 4.90 Å². The molecule has 1 atom stereocenters. The molecule has 0 radical (unpaired) electrons. The van der Waals surface area contributed by atoms with E-state index in [0.717, 1.165) is 19.0 Å². The lowest BCUT2D eigenvalue weighted by Crippen LogP contribution is -2.45. The van der Waals surface area contributed by atoms with Gasteiger partial charge in [0.15, 0.2) is 0 Å². The Balaban J connectivity index is 0.00000132. The highest BCUT2D eigenvalue weighted by molar-refractivity contribution is 8.00. The molecule has 1 aromatic carbocycles. The monoisotopic (exact) mass is 376 g/mol. The van der Waals surface area contributed by atoms with Gasteiger partial charge in [-0.05, 0) is 30.4 Å². The van der Waals surface area contributed by atoms with Crippen molar-refractivity contribution in [3.05, 3.63) is 29.8 Å². The zero-order chi connectivity index (χ0) is 14.9. The molecule has 1 aromatic rings. The van der Waals surface area contributed by atoms with Crippen LogP contribution < -0.4 is 5.32 Å². The number of halogens is 2. The van der Waals surface area contributed by atoms with Crippen molar-refractivity contribution in [3.8, 4) is 0 Å². The number of nitrogens with zero attached hydrogens (tertiary/aromatic N) is 1. The van der Waals surface area contributed by atoms with Crippen LogP contribution in [0.25, 0.3) is 0 Å². The van der Waals surface area contributed by atoms with Crippen LogP contribution in [0.1, 0.15) is 45.2 Å². The van der Waals surface area contributed by atoms with Gasteiger partial charge in [0, 0.05) is 41.9 Å². The molecular weight excluding hydrogens is 347 g/mol. The van der Waals surface area contributed by atoms with Crippen LogP contribution in [0.3, 0.4) is 0 Å². The lowest BCUT2D eigenvalue weighted by molar-refractivity contribution is 0.154. The Labute approximate surface area is 158 Å². The van der Waals surface area contributed by atoms with E-state index in [1.807, 2.05) is 11.8 Å². The van der Waals surface area contributed by atoms with Gasteiger partial charge in [0.2, 0.25) is 0 Å². The standard InChI is InChI=1S/C18H28N2S.2ClH/c1-18(2,3)21-16-7-5-4-6-15(16)17(14-8-9-14)20-12-10-19-11-13-20;;/h4-7,14,17,19H,8-13H2,1-3H3;2*1H/t17-;;/m1../s1. The van der Waals surface area contributed by atoms with Gasteiger partial charge in [0.05, 0.1) is 0 Å². The summed E-state index contributed by atoms with van der Waals surface area (Å²) in [5.74, 6) is 0.879. The third-order valence-corrected chi connectivity index (χ3v) is 5.47. The van der Waals surface area contributed by atoms with Gasteiger partial charge in [-0.25, -0.2) is 0 Å². The molecule has 1 aliphatic carbocycles. The number of nitrogens with one attached hydrogen (secondary N) is 1. The van der Waals surface area contributed by atoms with Gasteiger partial charge >= 0.3 is 0 Å². The van der Waals surface area contributed by atoms with Crippen molar-refractivity contribution in [2.24, 2.45) is 5.92 Å². The van der Waals surface area contributed by atoms with E-state index in [4.69, 9.17) is 0 Å². The summed E-state index contributed by atoms with van der Waals surface area (Å²) in [7, 11) is 0. The number of benzene rings is 1. The summed E-state index contributed by atoms with van der Waals surface area (Å²) in [6.45, 7) is 11.6. The Hall–Kier alpha value is 0.0700. The summed E-state index contributed by atoms with van der Waals surface area (Å²) in [5.41, 5.74) is 1.57. The predicted molar refractivity (Wildman–Crippen MR) is 106 cm³/mol. The normalized spacial score (nSPS) is 20.3. The largest absolute Gasteiger partial charge is 0.314 e. The summed E-state index contributed by atoms with van der Waals surface area (Å²) in [5, 5.41) is 3.49. The van der Waals surface area contributed by atoms with Crippen molar-refractivity contribution >= 4 is 36.6 Å². The molecule has 0 bridgehead atoms. The minimum atomic E-state index is 0. The van der Waals surface area contributed by atoms with Gasteiger partial charge in [0.25, 0.3) is 0 Å². The maximum atomic E-state index is 3.49. The highest BCUT2D eigenvalue weighted by atomic mass is 35.5. The zero-order valence-corrected chi connectivity index (χ0v) is 16.8. The number of rotatable bonds is 4. The quantitative estimate of drug-likeness (QED) is 0.761. The first-order valence-corrected chi connectivity index (χ1v) is 9.09. The minimum Gasteiger partial charge on any atom is -0.314 e. The van der Waals surface area contributed by atoms with Crippen LogP contribution in [0.15, 0.2) is 29.2 Å². The van der Waals surface area contributed by atoms with Crippen molar-refractivity contribution in [1.29, 1.82) is 0 Å². The predicted octanol–water partition coefficient (Wildman–Crippen LogP) is 4.78. The molecule has 23 heavy (non-hydrogen) atoms. The molecule has 1 heterocycles. The Morgan fingerprint density at radius 2 is 1.70 bits per heavy atom. The van der Waals surface area contributed by atoms with Crippen molar-refractivity contribution < 1.29 is 0 Å². The van der Waals surface area contributed by atoms with Crippen LogP contribution in [0, 0.1) is 5.92 Å². The SMILES string of the molecule is CC(C)(C)Sc1ccccc1[C@@H](C1CC1)N1CCNCC1.Cl.Cl. The summed E-state index contributed by atoms with van der Waals surface area (Å²) in [6, 6.07) is 9.75. The van der Waals surface area contributed by atoms with Crippen LogP contribution >= 0.6 is 36.6 Å². The number of hydrogen-bond acceptors (Lipinski definition) is 3. The fourth-order valence-electron chi connectivity index (χ4n) is 3.27. The van der Waals surface area contributed by atoms with Crippen LogP contribution in [0.4, 0.5) is 0 Å². The first kappa shape index (κ1) is 21.1. The van der Waals surface area contributed by atoms with Gasteiger partial charge in [-0.2, -0.15) is 0 Å². The van der Waals surface area contributed by atoms with Crippen LogP contribution in [0.2, 0.25) is 0 Å². The van der Waals surface area contributed by atoms with E-state index >= 15 is 0 Å². The lowest BCUT2D eigenvalue weighted by atomic mass is 9.99. The highest BCUT2D eigenvalue weighted by Gasteiger charge is 2.38. The first-order valence-electron chi connectivity index (χ1n) is 8.27. The van der Waals surface area contributed by atoms with Crippen LogP contribution in [-0.2, 0) is 0 Å². The molecule has 132 valence electrons. The van der Waals surface area contributed by atoms with Gasteiger partial charge in [-0.15, -0.1) is 36.6 Å². The molecule has 0 amide bonds. The van der Waals surface area contributed by atoms with E-state index in [9.17, 15) is 0 Å². The Bertz CT molecular complexity index is 480. The molecule has 1 aliphatic heterocycles. The van der Waals surface area contributed by atoms with Crippen molar-refractivity contribution in [3.63, 3.8) is 0 Å². The number of thioether (sulfide) groups is 1. The Morgan fingerprint density at radius 1 is 1.09 bits per heavy atom. The van der Waals surface area contributed by atoms with Gasteiger partial charge < -0.3 is 5.32 Å². The molecule has 2 nitrogen and oxygen atoms in total. The third-order valence-electron chi connectivity index (χ3n) is 4.27. The molecule has 0 spiro atoms.